The number of para-hydroxylation sites is 1. The minimum Gasteiger partial charge on any atom is -0.466 e. The second kappa shape index (κ2) is 7.06. The fourth-order valence-corrected chi connectivity index (χ4v) is 3.75. The number of amides is 1. The maximum Gasteiger partial charge on any atom is 0.310 e. The van der Waals surface area contributed by atoms with Crippen LogP contribution in [0.25, 0.3) is 10.9 Å². The fraction of sp³-hybridized carbons (Fsp3) is 0.476. The first kappa shape index (κ1) is 17.0. The average Bonchev–Trinajstić information content (AvgIpc) is 3.52. The van der Waals surface area contributed by atoms with E-state index in [0.717, 1.165) is 42.3 Å². The predicted molar refractivity (Wildman–Crippen MR) is 99.0 cm³/mol. The molecule has 1 saturated heterocycles. The Morgan fingerprint density at radius 2 is 2.04 bits per heavy atom. The molecule has 5 nitrogen and oxygen atoms in total. The lowest BCUT2D eigenvalue weighted by Crippen LogP contribution is -2.43. The number of hydrogen-bond acceptors (Lipinski definition) is 4. The van der Waals surface area contributed by atoms with E-state index >= 15 is 0 Å². The fourth-order valence-electron chi connectivity index (χ4n) is 3.75. The Balaban J connectivity index is 1.64. The summed E-state index contributed by atoms with van der Waals surface area (Å²) < 4.78 is 5.16. The van der Waals surface area contributed by atoms with Crippen LogP contribution in [0.15, 0.2) is 30.3 Å². The molecule has 0 radical (unpaired) electrons. The highest BCUT2D eigenvalue weighted by molar-refractivity contribution is 6.06. The highest BCUT2D eigenvalue weighted by Gasteiger charge is 2.32. The van der Waals surface area contributed by atoms with Gasteiger partial charge in [-0.2, -0.15) is 0 Å². The monoisotopic (exact) mass is 352 g/mol. The molecule has 1 amide bonds. The van der Waals surface area contributed by atoms with Crippen LogP contribution in [0.3, 0.4) is 0 Å². The number of carbonyl (C=O) groups is 2. The molecule has 136 valence electrons. The van der Waals surface area contributed by atoms with Crippen molar-refractivity contribution < 1.29 is 14.3 Å². The summed E-state index contributed by atoms with van der Waals surface area (Å²) in [5, 5.41) is 0.889. The van der Waals surface area contributed by atoms with Gasteiger partial charge in [-0.25, -0.2) is 0 Å². The van der Waals surface area contributed by atoms with E-state index in [-0.39, 0.29) is 17.8 Å². The molecule has 2 heterocycles. The second-order valence-electron chi connectivity index (χ2n) is 7.23. The van der Waals surface area contributed by atoms with Gasteiger partial charge in [0.15, 0.2) is 0 Å². The molecule has 0 bridgehead atoms. The van der Waals surface area contributed by atoms with Gasteiger partial charge < -0.3 is 9.64 Å². The average molecular weight is 352 g/mol. The number of aromatic nitrogens is 1. The topological polar surface area (TPSA) is 59.5 Å². The number of carbonyl (C=O) groups excluding carboxylic acids is 2. The number of hydrogen-bond donors (Lipinski definition) is 0. The van der Waals surface area contributed by atoms with Gasteiger partial charge in [0.05, 0.1) is 23.6 Å². The smallest absolute Gasteiger partial charge is 0.310 e. The molecule has 1 aromatic heterocycles. The lowest BCUT2D eigenvalue weighted by molar-refractivity contribution is -0.149. The van der Waals surface area contributed by atoms with Crippen molar-refractivity contribution in [3.05, 3.63) is 41.6 Å². The molecule has 1 atom stereocenters. The van der Waals surface area contributed by atoms with Gasteiger partial charge in [0.1, 0.15) is 0 Å². The van der Waals surface area contributed by atoms with Crippen LogP contribution < -0.4 is 0 Å². The summed E-state index contributed by atoms with van der Waals surface area (Å²) in [5.74, 6) is 0.0752. The number of ether oxygens (including phenoxy) is 1. The lowest BCUT2D eigenvalue weighted by atomic mass is 9.96. The molecule has 0 N–H and O–H groups in total. The third-order valence-corrected chi connectivity index (χ3v) is 5.29. The number of rotatable bonds is 4. The summed E-state index contributed by atoms with van der Waals surface area (Å²) in [6.45, 7) is 3.31. The molecular formula is C21H24N2O3. The van der Waals surface area contributed by atoms with E-state index in [1.54, 1.807) is 0 Å². The van der Waals surface area contributed by atoms with Crippen LogP contribution in [-0.2, 0) is 9.53 Å². The highest BCUT2D eigenvalue weighted by Crippen LogP contribution is 2.40. The number of fused-ring (bicyclic) bond motifs is 1. The molecular weight excluding hydrogens is 328 g/mol. The van der Waals surface area contributed by atoms with E-state index in [1.165, 1.54) is 0 Å². The summed E-state index contributed by atoms with van der Waals surface area (Å²) in [5.41, 5.74) is 2.60. The van der Waals surface area contributed by atoms with Crippen LogP contribution in [-0.4, -0.2) is 41.5 Å². The van der Waals surface area contributed by atoms with Gasteiger partial charge in [-0.3, -0.25) is 14.6 Å². The Kier molecular flexibility index (Phi) is 4.62. The molecule has 2 aliphatic rings. The van der Waals surface area contributed by atoms with Crippen molar-refractivity contribution in [2.24, 2.45) is 5.92 Å². The van der Waals surface area contributed by atoms with Crippen molar-refractivity contribution in [3.8, 4) is 0 Å². The molecule has 1 saturated carbocycles. The third-order valence-electron chi connectivity index (χ3n) is 5.29. The lowest BCUT2D eigenvalue weighted by Gasteiger charge is -2.32. The Morgan fingerprint density at radius 3 is 2.81 bits per heavy atom. The van der Waals surface area contributed by atoms with E-state index in [0.29, 0.717) is 31.2 Å². The molecule has 0 spiro atoms. The van der Waals surface area contributed by atoms with Crippen molar-refractivity contribution in [1.29, 1.82) is 0 Å². The van der Waals surface area contributed by atoms with Gasteiger partial charge in [0.2, 0.25) is 0 Å². The van der Waals surface area contributed by atoms with Gasteiger partial charge in [0, 0.05) is 30.1 Å². The van der Waals surface area contributed by atoms with Gasteiger partial charge in [-0.1, -0.05) is 18.2 Å². The number of nitrogens with zero attached hydrogens (tertiary/aromatic N) is 2. The summed E-state index contributed by atoms with van der Waals surface area (Å²) in [4.78, 5) is 31.9. The third kappa shape index (κ3) is 3.30. The zero-order chi connectivity index (χ0) is 18.1. The zero-order valence-corrected chi connectivity index (χ0v) is 15.1. The van der Waals surface area contributed by atoms with Gasteiger partial charge in [-0.15, -0.1) is 0 Å². The van der Waals surface area contributed by atoms with E-state index in [2.05, 4.69) is 0 Å². The second-order valence-corrected chi connectivity index (χ2v) is 7.23. The van der Waals surface area contributed by atoms with E-state index < -0.39 is 0 Å². The van der Waals surface area contributed by atoms with Crippen LogP contribution in [0, 0.1) is 5.92 Å². The summed E-state index contributed by atoms with van der Waals surface area (Å²) in [6.07, 6.45) is 3.90. The SMILES string of the molecule is CCOC(=O)C1CCCN(C(=O)c2cc(C3CC3)nc3ccccc23)C1. The molecule has 5 heteroatoms. The Morgan fingerprint density at radius 1 is 1.23 bits per heavy atom. The molecule has 26 heavy (non-hydrogen) atoms. The van der Waals surface area contributed by atoms with Crippen LogP contribution in [0.2, 0.25) is 0 Å². The number of benzene rings is 1. The first-order valence-electron chi connectivity index (χ1n) is 9.53. The Hall–Kier alpha value is -2.43. The Bertz CT molecular complexity index is 844. The van der Waals surface area contributed by atoms with Crippen LogP contribution in [0.1, 0.15) is 54.6 Å². The van der Waals surface area contributed by atoms with Crippen LogP contribution >= 0.6 is 0 Å². The first-order chi connectivity index (χ1) is 12.7. The standard InChI is InChI=1S/C21H24N2O3/c1-2-26-21(25)15-6-5-11-23(13-15)20(24)17-12-19(14-9-10-14)22-18-8-4-3-7-16(17)18/h3-4,7-8,12,14-15H,2,5-6,9-11,13H2,1H3. The van der Waals surface area contributed by atoms with E-state index in [4.69, 9.17) is 9.72 Å². The quantitative estimate of drug-likeness (QED) is 0.790. The van der Waals surface area contributed by atoms with Crippen LogP contribution in [0.4, 0.5) is 0 Å². The predicted octanol–water partition coefficient (Wildman–Crippen LogP) is 3.53. The maximum atomic E-state index is 13.3. The summed E-state index contributed by atoms with van der Waals surface area (Å²) >= 11 is 0. The number of esters is 1. The Labute approximate surface area is 153 Å². The molecule has 1 aromatic carbocycles. The van der Waals surface area contributed by atoms with Gasteiger partial charge in [-0.05, 0) is 44.7 Å². The van der Waals surface area contributed by atoms with Crippen molar-refractivity contribution in [3.63, 3.8) is 0 Å². The number of likely N-dealkylation sites (tertiary alicyclic amines) is 1. The normalized spacial score (nSPS) is 20.2. The van der Waals surface area contributed by atoms with Gasteiger partial charge >= 0.3 is 5.97 Å². The molecule has 4 rings (SSSR count). The summed E-state index contributed by atoms with van der Waals surface area (Å²) in [6, 6.07) is 9.79. The molecule has 1 aliphatic carbocycles. The minimum absolute atomic E-state index is 0.000464. The van der Waals surface area contributed by atoms with Crippen molar-refractivity contribution in [2.75, 3.05) is 19.7 Å². The molecule has 1 aliphatic heterocycles. The van der Waals surface area contributed by atoms with Crippen molar-refractivity contribution in [2.45, 2.75) is 38.5 Å². The summed E-state index contributed by atoms with van der Waals surface area (Å²) in [7, 11) is 0. The molecule has 1 unspecified atom stereocenters. The largest absolute Gasteiger partial charge is 0.466 e. The molecule has 2 fully saturated rings. The van der Waals surface area contributed by atoms with Crippen molar-refractivity contribution in [1.82, 2.24) is 9.88 Å². The van der Waals surface area contributed by atoms with E-state index in [1.807, 2.05) is 42.2 Å². The maximum absolute atomic E-state index is 13.3. The highest BCUT2D eigenvalue weighted by atomic mass is 16.5. The molecule has 2 aromatic rings. The van der Waals surface area contributed by atoms with Gasteiger partial charge in [0.25, 0.3) is 5.91 Å². The van der Waals surface area contributed by atoms with Crippen molar-refractivity contribution >= 4 is 22.8 Å². The first-order valence-corrected chi connectivity index (χ1v) is 9.53. The van der Waals surface area contributed by atoms with E-state index in [9.17, 15) is 9.59 Å². The minimum atomic E-state index is -0.219. The zero-order valence-electron chi connectivity index (χ0n) is 15.1. The van der Waals surface area contributed by atoms with Crippen LogP contribution in [0.5, 0.6) is 0 Å². The number of piperidine rings is 1. The number of pyridine rings is 1.